The van der Waals surface area contributed by atoms with Crippen LogP contribution in [-0.4, -0.2) is 27.9 Å². The van der Waals surface area contributed by atoms with Gasteiger partial charge >= 0.3 is 5.97 Å². The van der Waals surface area contributed by atoms with Crippen LogP contribution in [0.4, 0.5) is 5.69 Å². The number of rotatable bonds is 4. The van der Waals surface area contributed by atoms with E-state index in [4.69, 9.17) is 4.74 Å². The summed E-state index contributed by atoms with van der Waals surface area (Å²) in [6, 6.07) is 12.2. The van der Waals surface area contributed by atoms with Crippen molar-refractivity contribution >= 4 is 44.5 Å². The topological polar surface area (TPSA) is 84.1 Å². The van der Waals surface area contributed by atoms with Crippen molar-refractivity contribution in [1.29, 1.82) is 0 Å². The maximum Gasteiger partial charge on any atom is 0.338 e. The second-order valence-electron chi connectivity index (χ2n) is 5.15. The number of fused-ring (bicyclic) bond motifs is 1. The third-order valence-electron chi connectivity index (χ3n) is 3.44. The molecule has 7 heteroatoms. The highest BCUT2D eigenvalue weighted by Gasteiger charge is 2.20. The molecule has 3 rings (SSSR count). The number of carbonyl (C=O) groups is 2. The number of aromatic amines is 1. The number of nitrogens with one attached hydrogen (secondary N) is 2. The van der Waals surface area contributed by atoms with Crippen molar-refractivity contribution in [2.24, 2.45) is 0 Å². The number of benzene rings is 2. The second kappa shape index (κ2) is 6.84. The highest BCUT2D eigenvalue weighted by Crippen LogP contribution is 2.21. The lowest BCUT2D eigenvalue weighted by Crippen LogP contribution is -2.30. The third kappa shape index (κ3) is 3.46. The Balaban J connectivity index is 1.67. The number of imidazole rings is 1. The van der Waals surface area contributed by atoms with Crippen LogP contribution in [0.25, 0.3) is 11.0 Å². The molecule has 2 N–H and O–H groups in total. The number of nitrogens with zero attached hydrogens (tertiary/aromatic N) is 1. The molecule has 0 spiro atoms. The Hall–Kier alpha value is -2.67. The van der Waals surface area contributed by atoms with Crippen molar-refractivity contribution in [3.05, 3.63) is 58.8 Å². The van der Waals surface area contributed by atoms with E-state index < -0.39 is 18.0 Å². The van der Waals surface area contributed by atoms with E-state index in [0.717, 1.165) is 15.5 Å². The smallest absolute Gasteiger partial charge is 0.338 e. The zero-order valence-corrected chi connectivity index (χ0v) is 14.3. The molecule has 0 bridgehead atoms. The number of hydrogen-bond acceptors (Lipinski definition) is 4. The van der Waals surface area contributed by atoms with E-state index in [1.54, 1.807) is 36.7 Å². The number of para-hydroxylation sites is 1. The standard InChI is InChI=1S/C17H14BrN3O3/c1-10(16(22)21-13-5-3-2-4-12(13)18)24-17(23)11-6-7-14-15(8-11)20-9-19-14/h2-10H,1H3,(H,19,20)(H,21,22). The Bertz CT molecular complexity index is 907. The van der Waals surface area contributed by atoms with Crippen molar-refractivity contribution in [1.82, 2.24) is 9.97 Å². The van der Waals surface area contributed by atoms with Crippen LogP contribution in [0, 0.1) is 0 Å². The number of hydrogen-bond donors (Lipinski definition) is 2. The van der Waals surface area contributed by atoms with Gasteiger partial charge in [0, 0.05) is 4.47 Å². The molecule has 0 saturated heterocycles. The molecule has 0 aliphatic carbocycles. The molecule has 1 unspecified atom stereocenters. The normalized spacial score (nSPS) is 11.9. The highest BCUT2D eigenvalue weighted by molar-refractivity contribution is 9.10. The summed E-state index contributed by atoms with van der Waals surface area (Å²) in [6.45, 7) is 1.53. The van der Waals surface area contributed by atoms with Gasteiger partial charge in [-0.1, -0.05) is 12.1 Å². The van der Waals surface area contributed by atoms with E-state index in [1.807, 2.05) is 12.1 Å². The lowest BCUT2D eigenvalue weighted by Gasteiger charge is -2.14. The molecule has 1 atom stereocenters. The van der Waals surface area contributed by atoms with Gasteiger partial charge in [-0.15, -0.1) is 0 Å². The van der Waals surface area contributed by atoms with E-state index in [0.29, 0.717) is 11.3 Å². The summed E-state index contributed by atoms with van der Waals surface area (Å²) >= 11 is 3.35. The molecule has 1 heterocycles. The molecule has 6 nitrogen and oxygen atoms in total. The Kier molecular flexibility index (Phi) is 4.61. The van der Waals surface area contributed by atoms with E-state index in [9.17, 15) is 9.59 Å². The van der Waals surface area contributed by atoms with Gasteiger partial charge in [-0.25, -0.2) is 9.78 Å². The maximum absolute atomic E-state index is 12.2. The van der Waals surface area contributed by atoms with Gasteiger partial charge < -0.3 is 15.0 Å². The van der Waals surface area contributed by atoms with E-state index in [1.165, 1.54) is 6.92 Å². The van der Waals surface area contributed by atoms with Crippen LogP contribution in [0.15, 0.2) is 53.3 Å². The summed E-state index contributed by atoms with van der Waals surface area (Å²) in [5, 5.41) is 2.71. The third-order valence-corrected chi connectivity index (χ3v) is 4.13. The molecule has 24 heavy (non-hydrogen) atoms. The van der Waals surface area contributed by atoms with Crippen LogP contribution in [0.5, 0.6) is 0 Å². The first kappa shape index (κ1) is 16.2. The molecule has 2 aromatic carbocycles. The van der Waals surface area contributed by atoms with Crippen LogP contribution in [-0.2, 0) is 9.53 Å². The number of halogens is 1. The second-order valence-corrected chi connectivity index (χ2v) is 6.01. The van der Waals surface area contributed by atoms with Crippen LogP contribution >= 0.6 is 15.9 Å². The molecule has 1 amide bonds. The zero-order valence-electron chi connectivity index (χ0n) is 12.7. The monoisotopic (exact) mass is 387 g/mol. The average molecular weight is 388 g/mol. The number of ether oxygens (including phenoxy) is 1. The highest BCUT2D eigenvalue weighted by atomic mass is 79.9. The number of carbonyl (C=O) groups excluding carboxylic acids is 2. The lowest BCUT2D eigenvalue weighted by atomic mass is 10.2. The molecular weight excluding hydrogens is 374 g/mol. The first-order chi connectivity index (χ1) is 11.5. The molecule has 1 aromatic heterocycles. The fourth-order valence-corrected chi connectivity index (χ4v) is 2.53. The van der Waals surface area contributed by atoms with Crippen LogP contribution in [0.1, 0.15) is 17.3 Å². The van der Waals surface area contributed by atoms with Gasteiger partial charge in [-0.2, -0.15) is 0 Å². The minimum absolute atomic E-state index is 0.354. The van der Waals surface area contributed by atoms with E-state index in [-0.39, 0.29) is 0 Å². The fourth-order valence-electron chi connectivity index (χ4n) is 2.14. The first-order valence-electron chi connectivity index (χ1n) is 7.24. The maximum atomic E-state index is 12.2. The number of H-pyrrole nitrogens is 1. The van der Waals surface area contributed by atoms with Crippen LogP contribution in [0.3, 0.4) is 0 Å². The van der Waals surface area contributed by atoms with Gasteiger partial charge in [0.15, 0.2) is 6.10 Å². The SMILES string of the molecule is CC(OC(=O)c1ccc2nc[nH]c2c1)C(=O)Nc1ccccc1Br. The van der Waals surface area contributed by atoms with Gasteiger partial charge in [0.1, 0.15) is 0 Å². The summed E-state index contributed by atoms with van der Waals surface area (Å²) in [7, 11) is 0. The number of amides is 1. The van der Waals surface area contributed by atoms with Crippen molar-refractivity contribution in [2.75, 3.05) is 5.32 Å². The molecule has 122 valence electrons. The molecule has 0 radical (unpaired) electrons. The summed E-state index contributed by atoms with van der Waals surface area (Å²) in [5.74, 6) is -0.973. The largest absolute Gasteiger partial charge is 0.449 e. The molecule has 0 saturated carbocycles. The Morgan fingerprint density at radius 2 is 2.04 bits per heavy atom. The van der Waals surface area contributed by atoms with E-state index >= 15 is 0 Å². The molecule has 0 fully saturated rings. The summed E-state index contributed by atoms with van der Waals surface area (Å²) in [5.41, 5.74) is 2.46. The Labute approximate surface area is 146 Å². The van der Waals surface area contributed by atoms with Crippen LogP contribution in [0.2, 0.25) is 0 Å². The van der Waals surface area contributed by atoms with Gasteiger partial charge in [-0.05, 0) is 53.2 Å². The summed E-state index contributed by atoms with van der Waals surface area (Å²) in [6.07, 6.45) is 0.621. The number of aromatic nitrogens is 2. The number of esters is 1. The summed E-state index contributed by atoms with van der Waals surface area (Å²) < 4.78 is 5.99. The minimum atomic E-state index is -0.929. The Morgan fingerprint density at radius 3 is 2.83 bits per heavy atom. The van der Waals surface area contributed by atoms with Crippen molar-refractivity contribution in [3.63, 3.8) is 0 Å². The quantitative estimate of drug-likeness (QED) is 0.670. The van der Waals surface area contributed by atoms with Crippen molar-refractivity contribution in [3.8, 4) is 0 Å². The molecule has 3 aromatic rings. The van der Waals surface area contributed by atoms with Crippen LogP contribution < -0.4 is 5.32 Å². The molecule has 0 aliphatic heterocycles. The fraction of sp³-hybridized carbons (Fsp3) is 0.118. The average Bonchev–Trinajstić information content (AvgIpc) is 3.04. The molecule has 0 aliphatic rings. The Morgan fingerprint density at radius 1 is 1.25 bits per heavy atom. The van der Waals surface area contributed by atoms with Crippen molar-refractivity contribution < 1.29 is 14.3 Å². The predicted octanol–water partition coefficient (Wildman–Crippen LogP) is 3.51. The molecular formula is C17H14BrN3O3. The van der Waals surface area contributed by atoms with Gasteiger partial charge in [0.25, 0.3) is 5.91 Å². The minimum Gasteiger partial charge on any atom is -0.449 e. The van der Waals surface area contributed by atoms with Crippen molar-refractivity contribution in [2.45, 2.75) is 13.0 Å². The van der Waals surface area contributed by atoms with Gasteiger partial charge in [-0.3, -0.25) is 4.79 Å². The predicted molar refractivity (Wildman–Crippen MR) is 93.7 cm³/mol. The van der Waals surface area contributed by atoms with Gasteiger partial charge in [0.2, 0.25) is 0 Å². The number of anilines is 1. The lowest BCUT2D eigenvalue weighted by molar-refractivity contribution is -0.123. The first-order valence-corrected chi connectivity index (χ1v) is 8.03. The summed E-state index contributed by atoms with van der Waals surface area (Å²) in [4.78, 5) is 31.4. The zero-order chi connectivity index (χ0) is 17.1. The van der Waals surface area contributed by atoms with E-state index in [2.05, 4.69) is 31.2 Å². The van der Waals surface area contributed by atoms with Gasteiger partial charge in [0.05, 0.1) is 28.6 Å².